The molecule has 0 aliphatic carbocycles. The van der Waals surface area contributed by atoms with Crippen molar-refractivity contribution in [2.75, 3.05) is 0 Å². The second-order valence-corrected chi connectivity index (χ2v) is 0. The Kier molecular flexibility index (Phi) is 277. The van der Waals surface area contributed by atoms with Crippen LogP contribution in [0.25, 0.3) is 0 Å². The second kappa shape index (κ2) is 50.7. The molecule has 0 aliphatic heterocycles. The average molecular weight is 90.4 g/mol. The van der Waals surface area contributed by atoms with Gasteiger partial charge in [0.2, 0.25) is 0 Å². The van der Waals surface area contributed by atoms with Gasteiger partial charge in [0.15, 0.2) is 12.5 Å². The van der Waals surface area contributed by atoms with Crippen LogP contribution in [0.1, 0.15) is 0 Å². The second-order valence-electron chi connectivity index (χ2n) is 0. The lowest BCUT2D eigenvalue weighted by atomic mass is 16.0. The molecule has 0 saturated carbocycles. The van der Waals surface area contributed by atoms with E-state index in [0.29, 0.717) is 0 Å². The lowest BCUT2D eigenvalue weighted by Gasteiger charge is -0.734. The van der Waals surface area contributed by atoms with Gasteiger partial charge in [0, 0.05) is 23.1 Å². The molecule has 0 fully saturated rings. The Morgan fingerprint density at radius 3 is 1.25 bits per heavy atom. The topological polar surface area (TPSA) is 48.6 Å². The predicted octanol–water partition coefficient (Wildman–Crippen LogP) is -1.54. The van der Waals surface area contributed by atoms with Crippen LogP contribution in [0.5, 0.6) is 0 Å². The van der Waals surface area contributed by atoms with Crippen molar-refractivity contribution < 1.29 is 9.69 Å². The largest absolute Gasteiger partial charge is 0.412 e. The smallest absolute Gasteiger partial charge is 0.197 e. The van der Waals surface area contributed by atoms with Crippen molar-refractivity contribution in [2.45, 2.75) is 0 Å². The molecule has 0 bridgehead atoms. The van der Waals surface area contributed by atoms with Crippen LogP contribution in [0.15, 0.2) is 0 Å². The highest BCUT2D eigenvalue weighted by Crippen LogP contribution is 0.558. The quantitative estimate of drug-likeness (QED) is 0.338. The van der Waals surface area contributed by atoms with E-state index in [4.69, 9.17) is 4.21 Å². The summed E-state index contributed by atoms with van der Waals surface area (Å²) in [5.74, 6) is 0. The molecule has 0 aromatic rings. The third-order valence-corrected chi connectivity index (χ3v) is 0. The van der Waals surface area contributed by atoms with Crippen LogP contribution in [-0.4, -0.2) is 32.7 Å². The van der Waals surface area contributed by atoms with Gasteiger partial charge in [0.1, 0.15) is 0 Å². The highest BCUT2D eigenvalue weighted by molar-refractivity contribution is 7.44. The minimum atomic E-state index is 0. The van der Waals surface area contributed by atoms with E-state index >= 15 is 0 Å². The molecule has 22 valence electrons. The molecule has 0 aromatic carbocycles. The molecule has 0 rings (SSSR count). The maximum absolute atomic E-state index is 7.83. The first kappa shape index (κ1) is 21.8. The van der Waals surface area contributed by atoms with Crippen LogP contribution < -0.4 is 0 Å². The van der Waals surface area contributed by atoms with Crippen molar-refractivity contribution in [2.24, 2.45) is 0 Å². The molecule has 0 heterocycles. The van der Waals surface area contributed by atoms with Crippen molar-refractivity contribution >= 4 is 35.6 Å². The Morgan fingerprint density at radius 2 is 1.25 bits per heavy atom. The van der Waals surface area contributed by atoms with Gasteiger partial charge in [-0.1, -0.05) is 0 Å². The first-order valence-electron chi connectivity index (χ1n) is 0.167. The van der Waals surface area contributed by atoms with Crippen molar-refractivity contribution in [1.82, 2.24) is 0 Å². The fourth-order valence-electron chi connectivity index (χ4n) is 0. The summed E-state index contributed by atoms with van der Waals surface area (Å²) in [6, 6.07) is 0. The zero-order valence-electron chi connectivity index (χ0n) is 2.02. The van der Waals surface area contributed by atoms with Crippen LogP contribution in [-0.2, 0) is 12.5 Å². The summed E-state index contributed by atoms with van der Waals surface area (Å²) < 4.78 is 7.83. The van der Waals surface area contributed by atoms with E-state index in [2.05, 4.69) is 12.5 Å². The van der Waals surface area contributed by atoms with Crippen LogP contribution >= 0.6 is 0 Å². The molecule has 0 unspecified atom stereocenters. The minimum Gasteiger partial charge on any atom is -0.412 e. The predicted molar refractivity (Wildman–Crippen MR) is 17.5 cm³/mol. The Balaban J connectivity index is -0.00000000500. The Labute approximate surface area is 45.6 Å². The molecule has 0 spiro atoms. The minimum absolute atomic E-state index is 0. The molecule has 2 radical (unpaired) electrons. The van der Waals surface area contributed by atoms with Gasteiger partial charge in [0.05, 0.1) is 0 Å². The van der Waals surface area contributed by atoms with E-state index in [1.165, 1.54) is 0 Å². The van der Waals surface area contributed by atoms with Gasteiger partial charge in [-0.15, -0.1) is 0 Å². The molecule has 0 saturated heterocycles. The summed E-state index contributed by atoms with van der Waals surface area (Å²) in [5, 5.41) is 0. The summed E-state index contributed by atoms with van der Waals surface area (Å²) in [7, 11) is 0. The highest BCUT2D eigenvalue weighted by atomic mass is 32.1. The molecule has 0 amide bonds. The number of rotatable bonds is 0. The third kappa shape index (κ3) is 15.0. The molecular weight excluding hydrogens is 88.4 g/mol. The molecule has 0 aliphatic rings. The van der Waals surface area contributed by atoms with Crippen LogP contribution in [0, 0.1) is 0 Å². The first-order chi connectivity index (χ1) is 1.00. The zero-order valence-corrected chi connectivity index (χ0v) is 4.25. The lowest BCUT2D eigenvalue weighted by Crippen LogP contribution is -0.894. The number of hydrogen-bond acceptors (Lipinski definition) is 2. The van der Waals surface area contributed by atoms with E-state index in [1.807, 2.05) is 0 Å². The third-order valence-electron chi connectivity index (χ3n) is 0. The van der Waals surface area contributed by atoms with Crippen LogP contribution in [0.2, 0.25) is 0 Å². The Morgan fingerprint density at radius 1 is 1.25 bits per heavy atom. The SMILES string of the molecule is O.O=S.[Mg]. The molecular formula is H2MgO2S. The van der Waals surface area contributed by atoms with Gasteiger partial charge >= 0.3 is 0 Å². The van der Waals surface area contributed by atoms with Gasteiger partial charge < -0.3 is 5.48 Å². The van der Waals surface area contributed by atoms with Gasteiger partial charge in [0.25, 0.3) is 0 Å². The van der Waals surface area contributed by atoms with E-state index in [9.17, 15) is 0 Å². The highest BCUT2D eigenvalue weighted by Gasteiger charge is 0.734. The van der Waals surface area contributed by atoms with Crippen molar-refractivity contribution in [3.8, 4) is 0 Å². The summed E-state index contributed by atoms with van der Waals surface area (Å²) >= 11 is 2.83. The molecule has 0 atom stereocenters. The van der Waals surface area contributed by atoms with Gasteiger partial charge in [-0.2, -0.15) is 4.21 Å². The normalized spacial score (nSPS) is 1.00. The lowest BCUT2D eigenvalue weighted by molar-refractivity contribution is 0.702. The molecule has 2 nitrogen and oxygen atoms in total. The van der Waals surface area contributed by atoms with Crippen LogP contribution in [0.3, 0.4) is 0 Å². The first-order valence-corrected chi connectivity index (χ1v) is 0.500. The molecule has 2 N–H and O–H groups in total. The van der Waals surface area contributed by atoms with Crippen molar-refractivity contribution in [1.29, 1.82) is 0 Å². The summed E-state index contributed by atoms with van der Waals surface area (Å²) in [5.41, 5.74) is 0. The number of hydrogen-bond donors (Lipinski definition) is 0. The van der Waals surface area contributed by atoms with E-state index in [0.717, 1.165) is 0 Å². The summed E-state index contributed by atoms with van der Waals surface area (Å²) in [4.78, 5) is 0. The molecule has 4 heavy (non-hydrogen) atoms. The van der Waals surface area contributed by atoms with Gasteiger partial charge in [-0.3, -0.25) is 0 Å². The Bertz CT molecular complexity index is 6.00. The van der Waals surface area contributed by atoms with E-state index < -0.39 is 0 Å². The Hall–Kier alpha value is 0.746. The fourth-order valence-corrected chi connectivity index (χ4v) is 0. The van der Waals surface area contributed by atoms with Crippen molar-refractivity contribution in [3.05, 3.63) is 0 Å². The molecule has 4 heteroatoms. The molecule has 0 aromatic heterocycles. The van der Waals surface area contributed by atoms with Crippen LogP contribution in [0.4, 0.5) is 0 Å². The summed E-state index contributed by atoms with van der Waals surface area (Å²) in [6.45, 7) is 0. The zero-order chi connectivity index (χ0) is 2.00. The van der Waals surface area contributed by atoms with Gasteiger partial charge in [-0.05, 0) is 0 Å². The standard InChI is InChI=1S/Mg.OS.H2O/c;1-2;/h;;1H2. The van der Waals surface area contributed by atoms with E-state index in [1.54, 1.807) is 0 Å². The maximum atomic E-state index is 7.83. The fraction of sp³-hybridized carbons (Fsp3) is 0. The van der Waals surface area contributed by atoms with Gasteiger partial charge in [-0.25, -0.2) is 0 Å². The monoisotopic (exact) mass is 90.0 g/mol. The maximum Gasteiger partial charge on any atom is 0.197 e. The summed E-state index contributed by atoms with van der Waals surface area (Å²) in [6.07, 6.45) is 0. The van der Waals surface area contributed by atoms with Crippen molar-refractivity contribution in [3.63, 3.8) is 0 Å². The average Bonchev–Trinajstić information content (AvgIpc) is 1.00. The van der Waals surface area contributed by atoms with E-state index in [-0.39, 0.29) is 28.5 Å².